The van der Waals surface area contributed by atoms with E-state index in [-0.39, 0.29) is 34.5 Å². The Morgan fingerprint density at radius 3 is 2.05 bits per heavy atom. The minimum Gasteiger partial charge on any atom is -0.397 e. The van der Waals surface area contributed by atoms with Gasteiger partial charge in [0.1, 0.15) is 9.92 Å². The Labute approximate surface area is 252 Å². The summed E-state index contributed by atoms with van der Waals surface area (Å²) < 4.78 is 96.0. The van der Waals surface area contributed by atoms with Crippen LogP contribution in [0.5, 0.6) is 0 Å². The standard InChI is InChI=1S/C26H18ClF2N5O8S2/c1-10-6-11(9-31-25-20(27)24(28)33-26(29)34-25)14(7-16(10)43(37,38)39)32-15-8-17(44(40,41)42)21(30)19-18(15)22(35)12-4-2-3-5-13(12)23(19)36/h2-8,32H,9,30H2,1H3,(H,31,33,34)(H,37,38,39)(H,40,41,42). The molecule has 4 aromatic rings. The molecule has 0 atom stereocenters. The molecule has 0 amide bonds. The molecule has 0 saturated carbocycles. The SMILES string of the molecule is Cc1cc(CNc2nc(F)nc(F)c2Cl)c(Nc2cc(S(=O)(=O)O)c(N)c3c2C(=O)c2ccccc2C3=O)cc1S(=O)(=O)O. The van der Waals surface area contributed by atoms with Gasteiger partial charge >= 0.3 is 6.08 Å². The summed E-state index contributed by atoms with van der Waals surface area (Å²) in [7, 11) is -9.93. The number of anilines is 4. The highest BCUT2D eigenvalue weighted by Gasteiger charge is 2.36. The molecule has 44 heavy (non-hydrogen) atoms. The maximum Gasteiger partial charge on any atom is 0.313 e. The molecule has 0 aliphatic heterocycles. The molecule has 1 heterocycles. The third-order valence-corrected chi connectivity index (χ3v) is 8.88. The molecule has 0 unspecified atom stereocenters. The summed E-state index contributed by atoms with van der Waals surface area (Å²) in [6, 6.07) is 8.61. The van der Waals surface area contributed by atoms with E-state index in [2.05, 4.69) is 20.6 Å². The van der Waals surface area contributed by atoms with Crippen LogP contribution < -0.4 is 16.4 Å². The van der Waals surface area contributed by atoms with E-state index in [0.717, 1.165) is 12.1 Å². The van der Waals surface area contributed by atoms with Crippen LogP contribution in [0.15, 0.2) is 52.3 Å². The first-order valence-electron chi connectivity index (χ1n) is 12.1. The molecule has 0 spiro atoms. The van der Waals surface area contributed by atoms with E-state index >= 15 is 0 Å². The third-order valence-electron chi connectivity index (χ3n) is 6.66. The van der Waals surface area contributed by atoms with Gasteiger partial charge in [0.15, 0.2) is 17.4 Å². The molecular weight excluding hydrogens is 648 g/mol. The molecule has 6 N–H and O–H groups in total. The number of hydrogen-bond donors (Lipinski definition) is 5. The van der Waals surface area contributed by atoms with Crippen molar-refractivity contribution in [2.75, 3.05) is 16.4 Å². The Kier molecular flexibility index (Phi) is 7.63. The number of halogens is 3. The van der Waals surface area contributed by atoms with Gasteiger partial charge in [0.25, 0.3) is 20.2 Å². The van der Waals surface area contributed by atoms with E-state index in [9.17, 15) is 44.3 Å². The zero-order chi connectivity index (χ0) is 32.3. The Morgan fingerprint density at radius 2 is 1.45 bits per heavy atom. The van der Waals surface area contributed by atoms with Crippen LogP contribution in [0.2, 0.25) is 5.02 Å². The van der Waals surface area contributed by atoms with Crippen molar-refractivity contribution in [2.24, 2.45) is 0 Å². The second-order valence-corrected chi connectivity index (χ2v) is 12.6. The number of carbonyl (C=O) groups excluding carboxylic acids is 2. The highest BCUT2D eigenvalue weighted by Crippen LogP contribution is 2.41. The highest BCUT2D eigenvalue weighted by molar-refractivity contribution is 7.86. The van der Waals surface area contributed by atoms with E-state index in [1.54, 1.807) is 0 Å². The van der Waals surface area contributed by atoms with Crippen molar-refractivity contribution in [3.63, 3.8) is 0 Å². The number of aryl methyl sites for hydroxylation is 1. The fraction of sp³-hybridized carbons (Fsp3) is 0.0769. The molecule has 1 aliphatic carbocycles. The van der Waals surface area contributed by atoms with E-state index in [1.807, 2.05) is 0 Å². The first-order chi connectivity index (χ1) is 20.5. The van der Waals surface area contributed by atoms with Gasteiger partial charge in [0.2, 0.25) is 5.95 Å². The van der Waals surface area contributed by atoms with Crippen molar-refractivity contribution in [3.8, 4) is 0 Å². The third kappa shape index (κ3) is 5.46. The summed E-state index contributed by atoms with van der Waals surface area (Å²) in [5.41, 5.74) is 3.78. The summed E-state index contributed by atoms with van der Waals surface area (Å²) >= 11 is 5.82. The second kappa shape index (κ2) is 10.9. The Hall–Kier alpha value is -4.55. The van der Waals surface area contributed by atoms with Gasteiger partial charge < -0.3 is 16.4 Å². The van der Waals surface area contributed by atoms with Crippen LogP contribution in [-0.2, 0) is 26.8 Å². The number of ketones is 2. The number of rotatable bonds is 7. The number of benzene rings is 3. The minimum atomic E-state index is -5.08. The number of hydrogen-bond acceptors (Lipinski definition) is 11. The van der Waals surface area contributed by atoms with Gasteiger partial charge in [-0.1, -0.05) is 41.9 Å². The molecule has 0 fully saturated rings. The Bertz CT molecular complexity index is 2160. The number of nitrogens with one attached hydrogen (secondary N) is 2. The lowest BCUT2D eigenvalue weighted by atomic mass is 9.82. The summed E-state index contributed by atoms with van der Waals surface area (Å²) in [5.74, 6) is -3.43. The first kappa shape index (κ1) is 30.9. The van der Waals surface area contributed by atoms with Crippen LogP contribution in [-0.4, -0.2) is 47.5 Å². The average molecular weight is 666 g/mol. The largest absolute Gasteiger partial charge is 0.397 e. The van der Waals surface area contributed by atoms with Gasteiger partial charge in [-0.05, 0) is 30.2 Å². The molecule has 1 aromatic heterocycles. The smallest absolute Gasteiger partial charge is 0.313 e. The van der Waals surface area contributed by atoms with Crippen molar-refractivity contribution in [1.82, 2.24) is 9.97 Å². The van der Waals surface area contributed by atoms with Gasteiger partial charge in [0.05, 0.1) is 27.4 Å². The fourth-order valence-corrected chi connectivity index (χ4v) is 6.26. The molecule has 5 rings (SSSR count). The van der Waals surface area contributed by atoms with Gasteiger partial charge in [-0.2, -0.15) is 35.6 Å². The number of nitrogen functional groups attached to an aromatic ring is 1. The average Bonchev–Trinajstić information content (AvgIpc) is 2.93. The number of carbonyl (C=O) groups is 2. The lowest BCUT2D eigenvalue weighted by molar-refractivity contribution is 0.0980. The van der Waals surface area contributed by atoms with Crippen LogP contribution in [0.1, 0.15) is 43.0 Å². The van der Waals surface area contributed by atoms with E-state index in [1.165, 1.54) is 37.3 Å². The summed E-state index contributed by atoms with van der Waals surface area (Å²) in [4.78, 5) is 31.8. The van der Waals surface area contributed by atoms with Crippen molar-refractivity contribution in [1.29, 1.82) is 0 Å². The molecule has 0 bridgehead atoms. The van der Waals surface area contributed by atoms with Crippen LogP contribution >= 0.6 is 11.6 Å². The fourth-order valence-electron chi connectivity index (χ4n) is 4.73. The predicted octanol–water partition coefficient (Wildman–Crippen LogP) is 3.92. The molecule has 13 nitrogen and oxygen atoms in total. The summed E-state index contributed by atoms with van der Waals surface area (Å²) in [6.07, 6.45) is -1.44. The normalized spacial score (nSPS) is 13.0. The molecule has 228 valence electrons. The molecule has 3 aromatic carbocycles. The molecule has 0 saturated heterocycles. The van der Waals surface area contributed by atoms with Crippen LogP contribution in [0, 0.1) is 18.9 Å². The van der Waals surface area contributed by atoms with Gasteiger partial charge in [0, 0.05) is 23.4 Å². The van der Waals surface area contributed by atoms with Crippen LogP contribution in [0.25, 0.3) is 0 Å². The van der Waals surface area contributed by atoms with E-state index in [0.29, 0.717) is 0 Å². The zero-order valence-electron chi connectivity index (χ0n) is 22.0. The lowest BCUT2D eigenvalue weighted by Crippen LogP contribution is -2.25. The van der Waals surface area contributed by atoms with Crippen LogP contribution in [0.4, 0.5) is 31.7 Å². The first-order valence-corrected chi connectivity index (χ1v) is 15.4. The monoisotopic (exact) mass is 665 g/mol. The minimum absolute atomic E-state index is 0.0131. The summed E-state index contributed by atoms with van der Waals surface area (Å²) in [5, 5.41) is 4.60. The summed E-state index contributed by atoms with van der Waals surface area (Å²) in [6.45, 7) is 0.955. The number of nitrogens with zero attached hydrogens (tertiary/aromatic N) is 2. The molecule has 18 heteroatoms. The second-order valence-electron chi connectivity index (χ2n) is 9.44. The van der Waals surface area contributed by atoms with E-state index in [4.69, 9.17) is 17.3 Å². The van der Waals surface area contributed by atoms with Crippen molar-refractivity contribution in [2.45, 2.75) is 23.3 Å². The van der Waals surface area contributed by atoms with Crippen molar-refractivity contribution < 1.29 is 44.3 Å². The lowest BCUT2D eigenvalue weighted by Gasteiger charge is -2.24. The number of aromatic nitrogens is 2. The van der Waals surface area contributed by atoms with Crippen molar-refractivity contribution >= 4 is 66.3 Å². The van der Waals surface area contributed by atoms with Gasteiger partial charge in [-0.3, -0.25) is 18.7 Å². The van der Waals surface area contributed by atoms with Gasteiger partial charge in [-0.15, -0.1) is 0 Å². The quantitative estimate of drug-likeness (QED) is 0.0721. The number of nitrogens with two attached hydrogens (primary N) is 1. The predicted molar refractivity (Wildman–Crippen MR) is 153 cm³/mol. The van der Waals surface area contributed by atoms with Crippen molar-refractivity contribution in [3.05, 3.63) is 92.9 Å². The Morgan fingerprint density at radius 1 is 0.886 bits per heavy atom. The molecular formula is C26H18ClF2N5O8S2. The Balaban J connectivity index is 1.72. The maximum atomic E-state index is 13.9. The van der Waals surface area contributed by atoms with Gasteiger partial charge in [-0.25, -0.2) is 0 Å². The number of fused-ring (bicyclic) bond motifs is 2. The zero-order valence-corrected chi connectivity index (χ0v) is 24.4. The van der Waals surface area contributed by atoms with E-state index < -0.39 is 87.0 Å². The van der Waals surface area contributed by atoms with Crippen LogP contribution in [0.3, 0.4) is 0 Å². The molecule has 1 aliphatic rings. The maximum absolute atomic E-state index is 13.9. The molecule has 0 radical (unpaired) electrons. The highest BCUT2D eigenvalue weighted by atomic mass is 35.5. The topological polar surface area (TPSA) is 219 Å².